The number of carbonyl (C=O) groups is 1. The lowest BCUT2D eigenvalue weighted by atomic mass is 10.0. The third-order valence-electron chi connectivity index (χ3n) is 3.72. The monoisotopic (exact) mass is 194 g/mol. The molecule has 0 atom stereocenters. The van der Waals surface area contributed by atoms with Crippen LogP contribution in [0.5, 0.6) is 0 Å². The first-order valence-electron chi connectivity index (χ1n) is 5.85. The van der Waals surface area contributed by atoms with Crippen molar-refractivity contribution in [3.05, 3.63) is 0 Å². The lowest BCUT2D eigenvalue weighted by Crippen LogP contribution is -2.53. The fourth-order valence-electron chi connectivity index (χ4n) is 2.29. The Bertz CT molecular complexity index is 230. The molecular weight excluding hydrogens is 176 g/mol. The van der Waals surface area contributed by atoms with Crippen LogP contribution in [0.1, 0.15) is 25.7 Å². The molecule has 14 heavy (non-hydrogen) atoms. The number of hydrogen-bond acceptors (Lipinski definition) is 2. The number of nitrogens with one attached hydrogen (secondary N) is 2. The molecule has 1 saturated heterocycles. The number of rotatable bonds is 4. The van der Waals surface area contributed by atoms with Crippen molar-refractivity contribution in [3.63, 3.8) is 0 Å². The lowest BCUT2D eigenvalue weighted by molar-refractivity contribution is -0.127. The van der Waals surface area contributed by atoms with E-state index in [-0.39, 0.29) is 5.92 Å². The molecule has 3 rings (SSSR count). The van der Waals surface area contributed by atoms with Crippen LogP contribution in [0, 0.1) is 17.8 Å². The fourth-order valence-corrected chi connectivity index (χ4v) is 2.29. The molecule has 1 heterocycles. The first-order chi connectivity index (χ1) is 6.84. The van der Waals surface area contributed by atoms with Crippen LogP contribution in [0.2, 0.25) is 0 Å². The first-order valence-corrected chi connectivity index (χ1v) is 5.85. The molecule has 78 valence electrons. The van der Waals surface area contributed by atoms with Crippen LogP contribution >= 0.6 is 0 Å². The Morgan fingerprint density at radius 2 is 1.71 bits per heavy atom. The zero-order chi connectivity index (χ0) is 9.54. The van der Waals surface area contributed by atoms with Gasteiger partial charge < -0.3 is 10.6 Å². The molecule has 3 heteroatoms. The van der Waals surface area contributed by atoms with Gasteiger partial charge in [-0.1, -0.05) is 0 Å². The van der Waals surface area contributed by atoms with Gasteiger partial charge >= 0.3 is 0 Å². The first kappa shape index (κ1) is 8.72. The minimum Gasteiger partial charge on any atom is -0.352 e. The second kappa shape index (κ2) is 3.23. The van der Waals surface area contributed by atoms with E-state index in [0.717, 1.165) is 24.9 Å². The van der Waals surface area contributed by atoms with E-state index in [1.807, 2.05) is 0 Å². The summed E-state index contributed by atoms with van der Waals surface area (Å²) < 4.78 is 0. The van der Waals surface area contributed by atoms with E-state index in [9.17, 15) is 4.79 Å². The van der Waals surface area contributed by atoms with E-state index in [0.29, 0.717) is 11.9 Å². The summed E-state index contributed by atoms with van der Waals surface area (Å²) in [5, 5.41) is 6.41. The minimum atomic E-state index is 0.259. The molecule has 0 aromatic rings. The summed E-state index contributed by atoms with van der Waals surface area (Å²) in [5.74, 6) is 2.20. The van der Waals surface area contributed by atoms with Crippen molar-refractivity contribution in [2.75, 3.05) is 13.1 Å². The highest BCUT2D eigenvalue weighted by Crippen LogP contribution is 2.44. The fraction of sp³-hybridized carbons (Fsp3) is 0.909. The van der Waals surface area contributed by atoms with Gasteiger partial charge in [-0.15, -0.1) is 0 Å². The van der Waals surface area contributed by atoms with Crippen molar-refractivity contribution in [2.45, 2.75) is 31.7 Å². The minimum absolute atomic E-state index is 0.259. The zero-order valence-corrected chi connectivity index (χ0v) is 8.46. The van der Waals surface area contributed by atoms with Crippen LogP contribution in [0.4, 0.5) is 0 Å². The molecule has 0 bridgehead atoms. The SMILES string of the molecule is O=C(NC(C1CC1)C1CC1)C1CNC1. The van der Waals surface area contributed by atoms with Crippen molar-refractivity contribution >= 4 is 5.91 Å². The summed E-state index contributed by atoms with van der Waals surface area (Å²) >= 11 is 0. The molecule has 3 nitrogen and oxygen atoms in total. The zero-order valence-electron chi connectivity index (χ0n) is 8.46. The highest BCUT2D eigenvalue weighted by molar-refractivity contribution is 5.80. The topological polar surface area (TPSA) is 41.1 Å². The van der Waals surface area contributed by atoms with Crippen molar-refractivity contribution < 1.29 is 4.79 Å². The molecule has 1 aliphatic heterocycles. The van der Waals surface area contributed by atoms with E-state index >= 15 is 0 Å². The Kier molecular flexibility index (Phi) is 2.01. The Labute approximate surface area is 84.6 Å². The second-order valence-electron chi connectivity index (χ2n) is 5.06. The summed E-state index contributed by atoms with van der Waals surface area (Å²) in [6.07, 6.45) is 5.35. The molecule has 0 unspecified atom stereocenters. The Morgan fingerprint density at radius 1 is 1.14 bits per heavy atom. The van der Waals surface area contributed by atoms with Gasteiger partial charge in [0.2, 0.25) is 5.91 Å². The van der Waals surface area contributed by atoms with Crippen LogP contribution in [-0.2, 0) is 4.79 Å². The normalized spacial score (nSPS) is 27.5. The highest BCUT2D eigenvalue weighted by Gasteiger charge is 2.43. The second-order valence-corrected chi connectivity index (χ2v) is 5.06. The molecular formula is C11H18N2O. The van der Waals surface area contributed by atoms with Gasteiger partial charge in [0.15, 0.2) is 0 Å². The maximum atomic E-state index is 11.7. The molecule has 2 saturated carbocycles. The van der Waals surface area contributed by atoms with Gasteiger partial charge in [0, 0.05) is 19.1 Å². The Morgan fingerprint density at radius 3 is 2.07 bits per heavy atom. The summed E-state index contributed by atoms with van der Waals surface area (Å²) in [7, 11) is 0. The third-order valence-corrected chi connectivity index (χ3v) is 3.72. The van der Waals surface area contributed by atoms with Crippen LogP contribution in [0.25, 0.3) is 0 Å². The van der Waals surface area contributed by atoms with E-state index in [1.165, 1.54) is 25.7 Å². The number of carbonyl (C=O) groups excluding carboxylic acids is 1. The summed E-state index contributed by atoms with van der Waals surface area (Å²) in [6.45, 7) is 1.77. The Hall–Kier alpha value is -0.570. The maximum Gasteiger partial charge on any atom is 0.225 e. The quantitative estimate of drug-likeness (QED) is 0.684. The number of hydrogen-bond donors (Lipinski definition) is 2. The average Bonchev–Trinajstić information content (AvgIpc) is 2.92. The molecule has 3 fully saturated rings. The summed E-state index contributed by atoms with van der Waals surface area (Å²) in [6, 6.07) is 0.531. The van der Waals surface area contributed by atoms with Gasteiger partial charge in [-0.3, -0.25) is 4.79 Å². The van der Waals surface area contributed by atoms with Crippen LogP contribution in [0.3, 0.4) is 0 Å². The molecule has 0 aromatic carbocycles. The van der Waals surface area contributed by atoms with Crippen LogP contribution < -0.4 is 10.6 Å². The summed E-state index contributed by atoms with van der Waals surface area (Å²) in [4.78, 5) is 11.7. The summed E-state index contributed by atoms with van der Waals surface area (Å²) in [5.41, 5.74) is 0. The van der Waals surface area contributed by atoms with Crippen LogP contribution in [-0.4, -0.2) is 25.0 Å². The van der Waals surface area contributed by atoms with Crippen molar-refractivity contribution in [1.29, 1.82) is 0 Å². The van der Waals surface area contributed by atoms with E-state index in [1.54, 1.807) is 0 Å². The highest BCUT2D eigenvalue weighted by atomic mass is 16.2. The van der Waals surface area contributed by atoms with Gasteiger partial charge in [-0.2, -0.15) is 0 Å². The van der Waals surface area contributed by atoms with E-state index < -0.39 is 0 Å². The van der Waals surface area contributed by atoms with Crippen LogP contribution in [0.15, 0.2) is 0 Å². The third kappa shape index (κ3) is 1.65. The Balaban J connectivity index is 1.54. The average molecular weight is 194 g/mol. The van der Waals surface area contributed by atoms with Gasteiger partial charge in [-0.25, -0.2) is 0 Å². The molecule has 1 amide bonds. The lowest BCUT2D eigenvalue weighted by Gasteiger charge is -2.28. The van der Waals surface area contributed by atoms with E-state index in [4.69, 9.17) is 0 Å². The molecule has 3 aliphatic rings. The molecule has 0 radical (unpaired) electrons. The molecule has 0 spiro atoms. The molecule has 0 aromatic heterocycles. The number of amides is 1. The predicted octanol–water partition coefficient (Wildman–Crippen LogP) is 0.511. The smallest absolute Gasteiger partial charge is 0.225 e. The van der Waals surface area contributed by atoms with Gasteiger partial charge in [-0.05, 0) is 37.5 Å². The molecule has 2 aliphatic carbocycles. The van der Waals surface area contributed by atoms with Gasteiger partial charge in [0.25, 0.3) is 0 Å². The molecule has 2 N–H and O–H groups in total. The maximum absolute atomic E-state index is 11.7. The van der Waals surface area contributed by atoms with E-state index in [2.05, 4.69) is 10.6 Å². The standard InChI is InChI=1S/C11H18N2O/c14-11(9-5-12-6-9)13-10(7-1-2-7)8-3-4-8/h7-10,12H,1-6H2,(H,13,14). The van der Waals surface area contributed by atoms with Gasteiger partial charge in [0.1, 0.15) is 0 Å². The van der Waals surface area contributed by atoms with Crippen molar-refractivity contribution in [3.8, 4) is 0 Å². The van der Waals surface area contributed by atoms with Crippen molar-refractivity contribution in [1.82, 2.24) is 10.6 Å². The van der Waals surface area contributed by atoms with Crippen molar-refractivity contribution in [2.24, 2.45) is 17.8 Å². The largest absolute Gasteiger partial charge is 0.352 e. The van der Waals surface area contributed by atoms with Gasteiger partial charge in [0.05, 0.1) is 5.92 Å². The predicted molar refractivity (Wildman–Crippen MR) is 53.7 cm³/mol.